The average molecular weight is 298 g/mol. The molecule has 0 spiro atoms. The Morgan fingerprint density at radius 1 is 1.15 bits per heavy atom. The summed E-state index contributed by atoms with van der Waals surface area (Å²) in [4.78, 5) is 3.31. The van der Waals surface area contributed by atoms with Crippen LogP contribution in [0.5, 0.6) is 0 Å². The van der Waals surface area contributed by atoms with Crippen molar-refractivity contribution in [2.75, 3.05) is 11.5 Å². The van der Waals surface area contributed by atoms with Gasteiger partial charge in [-0.15, -0.1) is 0 Å². The van der Waals surface area contributed by atoms with E-state index in [1.165, 1.54) is 30.5 Å². The minimum atomic E-state index is -4.21. The maximum absolute atomic E-state index is 14.0. The molecule has 0 saturated heterocycles. The molecule has 106 valence electrons. The van der Waals surface area contributed by atoms with Crippen LogP contribution in [0.3, 0.4) is 0 Å². The first-order valence-electron chi connectivity index (χ1n) is 5.68. The van der Waals surface area contributed by atoms with E-state index in [0.717, 1.165) is 12.3 Å². The van der Waals surface area contributed by atoms with Gasteiger partial charge in [-0.2, -0.15) is 0 Å². The highest BCUT2D eigenvalue weighted by molar-refractivity contribution is 7.91. The zero-order chi connectivity index (χ0) is 14.8. The minimum Gasteiger partial charge on any atom is -0.396 e. The van der Waals surface area contributed by atoms with Crippen molar-refractivity contribution in [2.24, 2.45) is 0 Å². The summed E-state index contributed by atoms with van der Waals surface area (Å²) < 4.78 is 52.2. The Morgan fingerprint density at radius 2 is 1.80 bits per heavy atom. The van der Waals surface area contributed by atoms with Gasteiger partial charge in [-0.1, -0.05) is 30.3 Å². The monoisotopic (exact) mass is 298 g/mol. The molecule has 0 fully saturated rings. The van der Waals surface area contributed by atoms with Crippen molar-refractivity contribution >= 4 is 15.5 Å². The molecule has 2 rings (SSSR count). The lowest BCUT2D eigenvalue weighted by atomic mass is 10.1. The highest BCUT2D eigenvalue weighted by atomic mass is 32.2. The number of alkyl halides is 2. The second-order valence-corrected chi connectivity index (χ2v) is 6.20. The standard InChI is InChI=1S/C13H12F2N2O2S/c14-13(15,10-4-2-1-3-5-10)9-20(18,19)12-6-7-17-8-11(12)16/h1-8H,9,16H2. The molecule has 0 unspecified atom stereocenters. The predicted octanol–water partition coefficient (Wildman–Crippen LogP) is 2.23. The van der Waals surface area contributed by atoms with Gasteiger partial charge >= 0.3 is 0 Å². The molecule has 0 saturated carbocycles. The lowest BCUT2D eigenvalue weighted by Crippen LogP contribution is -2.26. The van der Waals surface area contributed by atoms with Gasteiger partial charge in [-0.25, -0.2) is 17.2 Å². The quantitative estimate of drug-likeness (QED) is 0.939. The van der Waals surface area contributed by atoms with Crippen LogP contribution in [-0.2, 0) is 15.8 Å². The van der Waals surface area contributed by atoms with E-state index >= 15 is 0 Å². The molecule has 2 N–H and O–H groups in total. The molecule has 0 atom stereocenters. The van der Waals surface area contributed by atoms with Crippen LogP contribution in [0.1, 0.15) is 5.56 Å². The number of rotatable bonds is 4. The Kier molecular flexibility index (Phi) is 3.71. The van der Waals surface area contributed by atoms with E-state index in [-0.39, 0.29) is 16.1 Å². The van der Waals surface area contributed by atoms with Crippen molar-refractivity contribution < 1.29 is 17.2 Å². The van der Waals surface area contributed by atoms with E-state index in [4.69, 9.17) is 5.73 Å². The van der Waals surface area contributed by atoms with Crippen LogP contribution >= 0.6 is 0 Å². The number of hydrogen-bond donors (Lipinski definition) is 1. The Morgan fingerprint density at radius 3 is 2.40 bits per heavy atom. The smallest absolute Gasteiger partial charge is 0.287 e. The van der Waals surface area contributed by atoms with Crippen LogP contribution < -0.4 is 5.73 Å². The second-order valence-electron chi connectivity index (χ2n) is 4.24. The molecular weight excluding hydrogens is 286 g/mol. The normalized spacial score (nSPS) is 12.3. The number of sulfone groups is 1. The molecule has 0 bridgehead atoms. The molecule has 2 aromatic rings. The number of pyridine rings is 1. The Balaban J connectivity index is 2.36. The van der Waals surface area contributed by atoms with Gasteiger partial charge in [0.25, 0.3) is 5.92 Å². The molecule has 4 nitrogen and oxygen atoms in total. The first-order chi connectivity index (χ1) is 9.33. The summed E-state index contributed by atoms with van der Waals surface area (Å²) in [5.41, 5.74) is 4.98. The molecule has 0 aliphatic rings. The molecule has 1 aromatic heterocycles. The summed E-state index contributed by atoms with van der Waals surface area (Å²) in [6.45, 7) is 0. The van der Waals surface area contributed by atoms with Crippen LogP contribution in [0.25, 0.3) is 0 Å². The van der Waals surface area contributed by atoms with Crippen molar-refractivity contribution in [2.45, 2.75) is 10.8 Å². The Hall–Kier alpha value is -2.02. The van der Waals surface area contributed by atoms with Crippen LogP contribution in [0.4, 0.5) is 14.5 Å². The van der Waals surface area contributed by atoms with Gasteiger partial charge in [0, 0.05) is 11.8 Å². The number of nitrogens with two attached hydrogens (primary N) is 1. The lowest BCUT2D eigenvalue weighted by Gasteiger charge is -2.17. The van der Waals surface area contributed by atoms with Crippen LogP contribution in [0.2, 0.25) is 0 Å². The van der Waals surface area contributed by atoms with E-state index in [1.54, 1.807) is 6.07 Å². The van der Waals surface area contributed by atoms with Gasteiger partial charge in [0.05, 0.1) is 16.8 Å². The third-order valence-corrected chi connectivity index (χ3v) is 4.50. The van der Waals surface area contributed by atoms with Crippen molar-refractivity contribution in [1.29, 1.82) is 0 Å². The Bertz CT molecular complexity index is 703. The summed E-state index contributed by atoms with van der Waals surface area (Å²) in [7, 11) is -4.21. The number of nitrogen functional groups attached to an aromatic ring is 1. The van der Waals surface area contributed by atoms with Crippen molar-refractivity contribution in [3.8, 4) is 0 Å². The second kappa shape index (κ2) is 5.16. The highest BCUT2D eigenvalue weighted by Crippen LogP contribution is 2.32. The Labute approximate surface area is 115 Å². The van der Waals surface area contributed by atoms with E-state index in [1.807, 2.05) is 0 Å². The van der Waals surface area contributed by atoms with E-state index in [2.05, 4.69) is 4.98 Å². The molecule has 7 heteroatoms. The summed E-state index contributed by atoms with van der Waals surface area (Å²) >= 11 is 0. The molecular formula is C13H12F2N2O2S. The fraction of sp³-hybridized carbons (Fsp3) is 0.154. The zero-order valence-corrected chi connectivity index (χ0v) is 11.1. The SMILES string of the molecule is Nc1cnccc1S(=O)(=O)CC(F)(F)c1ccccc1. The van der Waals surface area contributed by atoms with Crippen LogP contribution in [0.15, 0.2) is 53.7 Å². The number of aromatic nitrogens is 1. The number of hydrogen-bond acceptors (Lipinski definition) is 4. The van der Waals surface area contributed by atoms with Crippen LogP contribution in [-0.4, -0.2) is 19.2 Å². The molecule has 20 heavy (non-hydrogen) atoms. The first-order valence-corrected chi connectivity index (χ1v) is 7.34. The maximum atomic E-state index is 14.0. The van der Waals surface area contributed by atoms with Crippen LogP contribution in [0, 0.1) is 0 Å². The van der Waals surface area contributed by atoms with E-state index in [0.29, 0.717) is 0 Å². The number of anilines is 1. The molecule has 0 aliphatic carbocycles. The van der Waals surface area contributed by atoms with E-state index < -0.39 is 21.5 Å². The summed E-state index contributed by atoms with van der Waals surface area (Å²) in [5.74, 6) is -4.83. The summed E-state index contributed by atoms with van der Waals surface area (Å²) in [6, 6.07) is 7.92. The average Bonchev–Trinajstić information content (AvgIpc) is 2.39. The van der Waals surface area contributed by atoms with Crippen molar-refractivity contribution in [3.05, 3.63) is 54.4 Å². The lowest BCUT2D eigenvalue weighted by molar-refractivity contribution is 0.0213. The fourth-order valence-electron chi connectivity index (χ4n) is 1.76. The molecule has 1 aromatic carbocycles. The summed E-state index contributed by atoms with van der Waals surface area (Å²) in [5, 5.41) is 0. The van der Waals surface area contributed by atoms with Crippen molar-refractivity contribution in [1.82, 2.24) is 4.98 Å². The largest absolute Gasteiger partial charge is 0.396 e. The molecule has 1 heterocycles. The van der Waals surface area contributed by atoms with Gasteiger partial charge in [0.2, 0.25) is 0 Å². The van der Waals surface area contributed by atoms with Gasteiger partial charge in [0.15, 0.2) is 9.84 Å². The van der Waals surface area contributed by atoms with Gasteiger partial charge in [0.1, 0.15) is 5.75 Å². The van der Waals surface area contributed by atoms with Gasteiger partial charge in [-0.3, -0.25) is 4.98 Å². The third-order valence-electron chi connectivity index (χ3n) is 2.71. The summed E-state index contributed by atoms with van der Waals surface area (Å²) in [6.07, 6.45) is 2.32. The highest BCUT2D eigenvalue weighted by Gasteiger charge is 2.38. The number of benzene rings is 1. The first kappa shape index (κ1) is 14.4. The van der Waals surface area contributed by atoms with Crippen molar-refractivity contribution in [3.63, 3.8) is 0 Å². The topological polar surface area (TPSA) is 73.0 Å². The number of halogens is 2. The minimum absolute atomic E-state index is 0.142. The fourth-order valence-corrected chi connectivity index (χ4v) is 3.24. The molecule has 0 amide bonds. The number of nitrogens with zero attached hydrogens (tertiary/aromatic N) is 1. The predicted molar refractivity (Wildman–Crippen MR) is 71.0 cm³/mol. The van der Waals surface area contributed by atoms with E-state index in [9.17, 15) is 17.2 Å². The maximum Gasteiger partial charge on any atom is 0.287 e. The molecule has 0 aliphatic heterocycles. The molecule has 0 radical (unpaired) electrons. The third kappa shape index (κ3) is 2.93. The van der Waals surface area contributed by atoms with Gasteiger partial charge < -0.3 is 5.73 Å². The van der Waals surface area contributed by atoms with Gasteiger partial charge in [-0.05, 0) is 6.07 Å². The zero-order valence-electron chi connectivity index (χ0n) is 10.3.